The highest BCUT2D eigenvalue weighted by Crippen LogP contribution is 2.33. The number of anilines is 2. The first-order valence-corrected chi connectivity index (χ1v) is 32.6. The Morgan fingerprint density at radius 1 is 0.780 bits per heavy atom. The zero-order valence-corrected chi connectivity index (χ0v) is 55.1. The second kappa shape index (κ2) is 35.7. The van der Waals surface area contributed by atoms with Crippen LogP contribution in [0.4, 0.5) is 11.5 Å². The van der Waals surface area contributed by atoms with Gasteiger partial charge in [-0.1, -0.05) is 56.7 Å². The molecule has 4 amide bonds. The number of aryl methyl sites for hydroxylation is 1. The van der Waals surface area contributed by atoms with E-state index in [0.717, 1.165) is 82.5 Å². The number of amides is 4. The van der Waals surface area contributed by atoms with E-state index in [1.807, 2.05) is 122 Å². The molecule has 1 aliphatic carbocycles. The van der Waals surface area contributed by atoms with Gasteiger partial charge in [0.2, 0.25) is 23.6 Å². The summed E-state index contributed by atoms with van der Waals surface area (Å²) in [5, 5.41) is 31.0. The number of likely N-dealkylation sites (tertiary alicyclic amines) is 1. The summed E-state index contributed by atoms with van der Waals surface area (Å²) in [4.78, 5) is 95.8. The van der Waals surface area contributed by atoms with Crippen molar-refractivity contribution in [3.63, 3.8) is 0 Å². The van der Waals surface area contributed by atoms with Crippen LogP contribution in [-0.2, 0) is 54.2 Å². The molecule has 22 nitrogen and oxygen atoms in total. The zero-order valence-electron chi connectivity index (χ0n) is 54.3. The minimum Gasteiger partial charge on any atom is -0.391 e. The van der Waals surface area contributed by atoms with Crippen molar-refractivity contribution in [2.45, 2.75) is 125 Å². The SMILES string of the molecule is CC1=CC(C)=C(CCC(=O)c2cc(-c3ccc(N4CCN(CCNC(=O)CCOCCOCCOCCOCCOCCC(=O)N[C@H](C(=O)N5C[C@H](O)C[C@H]5C(=O)NCc5ccc(-c6scnc6C)cc5)C(C)(C)C)CC4)nc3)cc(NC(C)C)c2C=N)C(=O)C1. The molecule has 3 aliphatic rings. The number of carbonyl (C=O) groups is 6. The Bertz CT molecular complexity index is 3150. The number of hydrogen-bond donors (Lipinski definition) is 6. The van der Waals surface area contributed by atoms with Gasteiger partial charge >= 0.3 is 0 Å². The van der Waals surface area contributed by atoms with Crippen LogP contribution >= 0.6 is 11.3 Å². The van der Waals surface area contributed by atoms with Crippen molar-refractivity contribution < 1.29 is 57.6 Å². The molecule has 91 heavy (non-hydrogen) atoms. The van der Waals surface area contributed by atoms with Crippen LogP contribution in [0, 0.1) is 17.7 Å². The first-order chi connectivity index (χ1) is 43.7. The summed E-state index contributed by atoms with van der Waals surface area (Å²) < 4.78 is 28.0. The van der Waals surface area contributed by atoms with Gasteiger partial charge in [-0.15, -0.1) is 11.3 Å². The molecule has 6 N–H and O–H groups in total. The molecule has 0 saturated carbocycles. The molecule has 0 radical (unpaired) electrons. The Labute approximate surface area is 539 Å². The highest BCUT2D eigenvalue weighted by molar-refractivity contribution is 7.13. The molecule has 494 valence electrons. The van der Waals surface area contributed by atoms with E-state index in [4.69, 9.17) is 34.1 Å². The van der Waals surface area contributed by atoms with E-state index in [2.05, 4.69) is 36.1 Å². The molecular weight excluding hydrogens is 1180 g/mol. The van der Waals surface area contributed by atoms with Crippen LogP contribution in [0.25, 0.3) is 21.6 Å². The van der Waals surface area contributed by atoms with Crippen LogP contribution in [-0.4, -0.2) is 202 Å². The number of ketones is 2. The van der Waals surface area contributed by atoms with E-state index in [1.165, 1.54) is 11.1 Å². The Hall–Kier alpha value is -7.09. The fourth-order valence-electron chi connectivity index (χ4n) is 11.1. The maximum atomic E-state index is 14.0. The van der Waals surface area contributed by atoms with Crippen molar-refractivity contribution in [2.24, 2.45) is 5.41 Å². The number of piperazine rings is 1. The minimum absolute atomic E-state index is 0.0136. The number of nitrogens with zero attached hydrogens (tertiary/aromatic N) is 5. The summed E-state index contributed by atoms with van der Waals surface area (Å²) in [6.45, 7) is 23.2. The normalized spacial score (nSPS) is 16.7. The quantitative estimate of drug-likeness (QED) is 0.0150. The standard InChI is InChI=1S/C68H94N10O12S/c1-45(2)74-57-38-52(37-55(56(57)40-69)59(80)15-14-54-47(4)35-46(3)36-60(54)81)51-13-16-61(71-42-51)77-23-21-76(22-24-77)20-19-70-62(82)17-25-86-27-29-88-31-33-90-34-32-89-30-28-87-26-18-63(83)75-65(68(6,7)8)67(85)78-43-53(79)39-58(78)66(84)72-41-49-9-11-50(12-10-49)64-48(5)73-44-91-64/h9-13,16,35,37-38,40,42,44-45,53,58,65,69,74,79H,14-15,17-34,36,39,41,43H2,1-8H3,(H,70,82)(H,72,84)(H,75,83)/t53-,58+,65-/m1/s1. The zero-order chi connectivity index (χ0) is 65.5. The number of allylic oxidation sites excluding steroid dienone is 4. The Balaban J connectivity index is 0.676. The molecule has 0 unspecified atom stereocenters. The van der Waals surface area contributed by atoms with Crippen molar-refractivity contribution in [3.05, 3.63) is 105 Å². The number of aromatic nitrogens is 2. The molecule has 23 heteroatoms. The van der Waals surface area contributed by atoms with Gasteiger partial charge in [-0.2, -0.15) is 0 Å². The van der Waals surface area contributed by atoms with Crippen molar-refractivity contribution >= 4 is 64.3 Å². The topological polar surface area (TPSA) is 276 Å². The van der Waals surface area contributed by atoms with E-state index in [1.54, 1.807) is 11.3 Å². The Morgan fingerprint density at radius 3 is 1.98 bits per heavy atom. The third-order valence-corrected chi connectivity index (χ3v) is 17.0. The lowest BCUT2D eigenvalue weighted by molar-refractivity contribution is -0.144. The number of Topliss-reactive ketones (excluding diaryl/α,β-unsaturated/α-hetero) is 2. The largest absolute Gasteiger partial charge is 0.391 e. The smallest absolute Gasteiger partial charge is 0.246 e. The number of aliphatic hydroxyl groups is 1. The fraction of sp³-hybridized carbons (Fsp3) is 0.544. The average molecular weight is 1280 g/mol. The summed E-state index contributed by atoms with van der Waals surface area (Å²) in [6.07, 6.45) is 5.46. The maximum absolute atomic E-state index is 14.0. The first kappa shape index (κ1) is 71.4. The van der Waals surface area contributed by atoms with Crippen LogP contribution in [0.15, 0.2) is 83.0 Å². The number of pyridine rings is 1. The number of hydrogen-bond acceptors (Lipinski definition) is 19. The summed E-state index contributed by atoms with van der Waals surface area (Å²) in [6, 6.07) is 13.9. The minimum atomic E-state index is -0.940. The van der Waals surface area contributed by atoms with Crippen molar-refractivity contribution in [1.29, 1.82) is 5.41 Å². The number of carbonyl (C=O) groups excluding carboxylic acids is 6. The predicted octanol–water partition coefficient (Wildman–Crippen LogP) is 7.11. The van der Waals surface area contributed by atoms with Gasteiger partial charge in [0.25, 0.3) is 0 Å². The second-order valence-electron chi connectivity index (χ2n) is 24.7. The molecule has 0 bridgehead atoms. The summed E-state index contributed by atoms with van der Waals surface area (Å²) >= 11 is 1.57. The summed E-state index contributed by atoms with van der Waals surface area (Å²) in [5.74, 6) is -0.435. The van der Waals surface area contributed by atoms with Crippen LogP contribution in [0.5, 0.6) is 0 Å². The van der Waals surface area contributed by atoms with Crippen LogP contribution in [0.3, 0.4) is 0 Å². The number of nitrogens with one attached hydrogen (secondary N) is 5. The third-order valence-electron chi connectivity index (χ3n) is 16.1. The highest BCUT2D eigenvalue weighted by Gasteiger charge is 2.44. The molecule has 2 saturated heterocycles. The molecule has 4 aromatic rings. The van der Waals surface area contributed by atoms with Gasteiger partial charge in [-0.05, 0) is 98.6 Å². The van der Waals surface area contributed by atoms with Crippen LogP contribution in [0.1, 0.15) is 114 Å². The van der Waals surface area contributed by atoms with Gasteiger partial charge in [-0.3, -0.25) is 33.7 Å². The number of aliphatic hydroxyl groups excluding tert-OH is 1. The lowest BCUT2D eigenvalue weighted by atomic mass is 9.85. The molecule has 3 atom stereocenters. The van der Waals surface area contributed by atoms with Crippen molar-refractivity contribution in [2.75, 3.05) is 122 Å². The lowest BCUT2D eigenvalue weighted by Crippen LogP contribution is -2.57. The van der Waals surface area contributed by atoms with Crippen LogP contribution < -0.4 is 26.2 Å². The molecule has 7 rings (SSSR count). The number of ether oxygens (including phenoxy) is 5. The number of thiazole rings is 1. The number of rotatable bonds is 36. The summed E-state index contributed by atoms with van der Waals surface area (Å²) in [5.41, 5.74) is 9.99. The van der Waals surface area contributed by atoms with Gasteiger partial charge < -0.3 is 65.3 Å². The van der Waals surface area contributed by atoms with Crippen molar-refractivity contribution in [1.82, 2.24) is 35.7 Å². The second-order valence-corrected chi connectivity index (χ2v) is 25.5. The number of β-amino-alcohol motifs (C(OH)–C–C–N with tert-alkyl or cyclic N) is 1. The molecule has 0 spiro atoms. The molecule has 2 fully saturated rings. The van der Waals surface area contributed by atoms with E-state index in [9.17, 15) is 33.9 Å². The summed E-state index contributed by atoms with van der Waals surface area (Å²) in [7, 11) is 0. The number of benzene rings is 2. The van der Waals surface area contributed by atoms with Gasteiger partial charge in [0.15, 0.2) is 11.6 Å². The molecule has 2 aromatic carbocycles. The molecular formula is C68H94N10O12S. The molecule has 2 aromatic heterocycles. The Kier molecular flexibility index (Phi) is 28.0. The molecule has 4 heterocycles. The fourth-order valence-corrected chi connectivity index (χ4v) is 12.0. The third kappa shape index (κ3) is 22.0. The van der Waals surface area contributed by atoms with E-state index in [0.29, 0.717) is 88.0 Å². The lowest BCUT2D eigenvalue weighted by Gasteiger charge is -2.35. The Morgan fingerprint density at radius 2 is 1.41 bits per heavy atom. The molecule has 2 aliphatic heterocycles. The van der Waals surface area contributed by atoms with Gasteiger partial charge in [0, 0.05) is 125 Å². The predicted molar refractivity (Wildman–Crippen MR) is 353 cm³/mol. The van der Waals surface area contributed by atoms with Crippen LogP contribution in [0.2, 0.25) is 0 Å². The monoisotopic (exact) mass is 1270 g/mol. The van der Waals surface area contributed by atoms with Gasteiger partial charge in [0.05, 0.1) is 88.3 Å². The average Bonchev–Trinajstić information content (AvgIpc) is 1.76. The first-order valence-electron chi connectivity index (χ1n) is 31.7. The van der Waals surface area contributed by atoms with E-state index < -0.39 is 29.5 Å². The van der Waals surface area contributed by atoms with E-state index >= 15 is 0 Å². The van der Waals surface area contributed by atoms with Crippen molar-refractivity contribution in [3.8, 4) is 21.6 Å². The van der Waals surface area contributed by atoms with Gasteiger partial charge in [-0.25, -0.2) is 9.97 Å². The maximum Gasteiger partial charge on any atom is 0.246 e. The van der Waals surface area contributed by atoms with E-state index in [-0.39, 0.29) is 93.9 Å². The van der Waals surface area contributed by atoms with Gasteiger partial charge in [0.1, 0.15) is 17.9 Å². The highest BCUT2D eigenvalue weighted by atomic mass is 32.1.